The number of rotatable bonds is 6. The lowest BCUT2D eigenvalue weighted by atomic mass is 10.2. The molecule has 0 fully saturated rings. The molecule has 1 aromatic rings. The van der Waals surface area contributed by atoms with Gasteiger partial charge >= 0.3 is 0 Å². The third-order valence-electron chi connectivity index (χ3n) is 2.39. The van der Waals surface area contributed by atoms with Crippen LogP contribution in [-0.4, -0.2) is 19.7 Å². The summed E-state index contributed by atoms with van der Waals surface area (Å²) >= 11 is 0. The molecule has 3 nitrogen and oxygen atoms in total. The average molecular weight is 244 g/mol. The van der Waals surface area contributed by atoms with Gasteiger partial charge in [-0.3, -0.25) is 0 Å². The van der Waals surface area contributed by atoms with Gasteiger partial charge in [0.05, 0.1) is 12.8 Å². The van der Waals surface area contributed by atoms with Crippen LogP contribution < -0.4 is 15.8 Å². The Morgan fingerprint density at radius 2 is 2.06 bits per heavy atom. The number of hydrogen-bond donors (Lipinski definition) is 2. The zero-order valence-electron chi connectivity index (χ0n) is 10.1. The van der Waals surface area contributed by atoms with Crippen molar-refractivity contribution in [2.45, 2.75) is 25.8 Å². The Morgan fingerprint density at radius 1 is 1.35 bits per heavy atom. The first kappa shape index (κ1) is 13.7. The Hall–Kier alpha value is -1.36. The first-order valence-corrected chi connectivity index (χ1v) is 5.57. The van der Waals surface area contributed by atoms with Crippen LogP contribution in [0.15, 0.2) is 12.1 Å². The Bertz CT molecular complexity index is 370. The Kier molecular flexibility index (Phi) is 5.15. The minimum atomic E-state index is -0.580. The summed E-state index contributed by atoms with van der Waals surface area (Å²) < 4.78 is 31.5. The number of ether oxygens (including phenoxy) is 1. The Balaban J connectivity index is 2.56. The van der Waals surface area contributed by atoms with Gasteiger partial charge in [0.15, 0.2) is 11.6 Å². The number of benzene rings is 1. The molecule has 96 valence electrons. The van der Waals surface area contributed by atoms with Crippen LogP contribution in [0.5, 0.6) is 5.75 Å². The van der Waals surface area contributed by atoms with Crippen LogP contribution in [0.4, 0.5) is 14.5 Å². The van der Waals surface area contributed by atoms with E-state index in [1.165, 1.54) is 7.11 Å². The number of methoxy groups -OCH3 is 1. The molecule has 3 N–H and O–H groups in total. The highest BCUT2D eigenvalue weighted by molar-refractivity contribution is 5.48. The molecular formula is C12H18F2N2O. The second kappa shape index (κ2) is 6.39. The van der Waals surface area contributed by atoms with Gasteiger partial charge in [-0.1, -0.05) is 0 Å². The topological polar surface area (TPSA) is 47.3 Å². The summed E-state index contributed by atoms with van der Waals surface area (Å²) in [6.45, 7) is 2.47. The third kappa shape index (κ3) is 4.19. The molecule has 1 unspecified atom stereocenters. The fourth-order valence-corrected chi connectivity index (χ4v) is 1.47. The number of nitrogens with two attached hydrogens (primary N) is 1. The zero-order valence-corrected chi connectivity index (χ0v) is 10.1. The highest BCUT2D eigenvalue weighted by Crippen LogP contribution is 2.24. The fourth-order valence-electron chi connectivity index (χ4n) is 1.47. The number of anilines is 1. The molecule has 0 amide bonds. The maximum atomic E-state index is 13.5. The van der Waals surface area contributed by atoms with Gasteiger partial charge in [0.1, 0.15) is 5.82 Å². The van der Waals surface area contributed by atoms with E-state index in [1.807, 2.05) is 6.92 Å². The average Bonchev–Trinajstić information content (AvgIpc) is 2.28. The SMILES string of the molecule is COc1cc(F)c(NCCCC(C)N)cc1F. The van der Waals surface area contributed by atoms with Crippen molar-refractivity contribution in [1.82, 2.24) is 0 Å². The first-order chi connectivity index (χ1) is 8.04. The Labute approximate surface area is 100.0 Å². The van der Waals surface area contributed by atoms with Crippen molar-refractivity contribution in [3.05, 3.63) is 23.8 Å². The van der Waals surface area contributed by atoms with Crippen molar-refractivity contribution in [2.75, 3.05) is 19.0 Å². The summed E-state index contributed by atoms with van der Waals surface area (Å²) in [5.41, 5.74) is 5.73. The standard InChI is InChI=1S/C12H18F2N2O/c1-8(15)4-3-5-16-11-6-10(14)12(17-2)7-9(11)13/h6-8,16H,3-5,15H2,1-2H3. The van der Waals surface area contributed by atoms with E-state index in [0.717, 1.165) is 25.0 Å². The molecule has 1 rings (SSSR count). The molecule has 5 heteroatoms. The number of nitrogens with one attached hydrogen (secondary N) is 1. The number of hydrogen-bond acceptors (Lipinski definition) is 3. The van der Waals surface area contributed by atoms with E-state index in [9.17, 15) is 8.78 Å². The predicted octanol–water partition coefficient (Wildman–Crippen LogP) is 2.51. The highest BCUT2D eigenvalue weighted by Gasteiger charge is 2.09. The minimum absolute atomic E-state index is 0.0939. The first-order valence-electron chi connectivity index (χ1n) is 5.57. The third-order valence-corrected chi connectivity index (χ3v) is 2.39. The van der Waals surface area contributed by atoms with Crippen LogP contribution in [-0.2, 0) is 0 Å². The summed E-state index contributed by atoms with van der Waals surface area (Å²) in [5.74, 6) is -1.20. The molecule has 0 bridgehead atoms. The summed E-state index contributed by atoms with van der Waals surface area (Å²) in [6.07, 6.45) is 1.65. The maximum Gasteiger partial charge on any atom is 0.167 e. The maximum absolute atomic E-state index is 13.5. The van der Waals surface area contributed by atoms with Crippen molar-refractivity contribution in [1.29, 1.82) is 0 Å². The van der Waals surface area contributed by atoms with E-state index in [1.54, 1.807) is 0 Å². The molecule has 0 aliphatic heterocycles. The van der Waals surface area contributed by atoms with Gasteiger partial charge < -0.3 is 15.8 Å². The van der Waals surface area contributed by atoms with Crippen molar-refractivity contribution in [2.24, 2.45) is 5.73 Å². The van der Waals surface area contributed by atoms with Crippen molar-refractivity contribution < 1.29 is 13.5 Å². The van der Waals surface area contributed by atoms with Gasteiger partial charge in [0, 0.05) is 24.7 Å². The molecule has 0 aliphatic rings. The van der Waals surface area contributed by atoms with Crippen LogP contribution in [0.2, 0.25) is 0 Å². The van der Waals surface area contributed by atoms with E-state index in [2.05, 4.69) is 10.1 Å². The number of halogens is 2. The normalized spacial score (nSPS) is 12.3. The molecule has 0 aliphatic carbocycles. The lowest BCUT2D eigenvalue weighted by Crippen LogP contribution is -2.16. The molecule has 0 aromatic heterocycles. The van der Waals surface area contributed by atoms with Crippen LogP contribution in [0.1, 0.15) is 19.8 Å². The van der Waals surface area contributed by atoms with Gasteiger partial charge in [-0.2, -0.15) is 0 Å². The molecule has 0 saturated heterocycles. The molecule has 1 aromatic carbocycles. The van der Waals surface area contributed by atoms with Crippen LogP contribution >= 0.6 is 0 Å². The van der Waals surface area contributed by atoms with Crippen molar-refractivity contribution in [3.8, 4) is 5.75 Å². The molecule has 1 atom stereocenters. The van der Waals surface area contributed by atoms with Gasteiger partial charge in [-0.05, 0) is 19.8 Å². The Morgan fingerprint density at radius 3 is 2.65 bits per heavy atom. The summed E-state index contributed by atoms with van der Waals surface area (Å²) in [7, 11) is 1.30. The van der Waals surface area contributed by atoms with E-state index < -0.39 is 11.6 Å². The van der Waals surface area contributed by atoms with Gasteiger partial charge in [0.25, 0.3) is 0 Å². The van der Waals surface area contributed by atoms with Gasteiger partial charge in [-0.15, -0.1) is 0 Å². The lowest BCUT2D eigenvalue weighted by molar-refractivity contribution is 0.383. The molecule has 0 heterocycles. The fraction of sp³-hybridized carbons (Fsp3) is 0.500. The van der Waals surface area contributed by atoms with Gasteiger partial charge in [0.2, 0.25) is 0 Å². The summed E-state index contributed by atoms with van der Waals surface area (Å²) in [5, 5.41) is 2.83. The van der Waals surface area contributed by atoms with Crippen molar-refractivity contribution >= 4 is 5.69 Å². The monoisotopic (exact) mass is 244 g/mol. The van der Waals surface area contributed by atoms with E-state index >= 15 is 0 Å². The molecule has 0 spiro atoms. The van der Waals surface area contributed by atoms with E-state index in [4.69, 9.17) is 5.73 Å². The van der Waals surface area contributed by atoms with Crippen molar-refractivity contribution in [3.63, 3.8) is 0 Å². The second-order valence-corrected chi connectivity index (χ2v) is 4.01. The van der Waals surface area contributed by atoms with Crippen LogP contribution in [0, 0.1) is 11.6 Å². The van der Waals surface area contributed by atoms with E-state index in [-0.39, 0.29) is 17.5 Å². The quantitative estimate of drug-likeness (QED) is 0.756. The molecule has 0 saturated carbocycles. The smallest absolute Gasteiger partial charge is 0.167 e. The van der Waals surface area contributed by atoms with Crippen LogP contribution in [0.25, 0.3) is 0 Å². The minimum Gasteiger partial charge on any atom is -0.494 e. The van der Waals surface area contributed by atoms with Crippen LogP contribution in [0.3, 0.4) is 0 Å². The highest BCUT2D eigenvalue weighted by atomic mass is 19.1. The van der Waals surface area contributed by atoms with Gasteiger partial charge in [-0.25, -0.2) is 8.78 Å². The lowest BCUT2D eigenvalue weighted by Gasteiger charge is -2.10. The molecular weight excluding hydrogens is 226 g/mol. The predicted molar refractivity (Wildman–Crippen MR) is 64.3 cm³/mol. The molecule has 0 radical (unpaired) electrons. The zero-order chi connectivity index (χ0) is 12.8. The summed E-state index contributed by atoms with van der Waals surface area (Å²) in [4.78, 5) is 0. The summed E-state index contributed by atoms with van der Waals surface area (Å²) in [6, 6.07) is 2.25. The van der Waals surface area contributed by atoms with E-state index in [0.29, 0.717) is 6.54 Å². The molecule has 17 heavy (non-hydrogen) atoms. The largest absolute Gasteiger partial charge is 0.494 e. The second-order valence-electron chi connectivity index (χ2n) is 4.01.